The van der Waals surface area contributed by atoms with E-state index in [2.05, 4.69) is 15.9 Å². The summed E-state index contributed by atoms with van der Waals surface area (Å²) in [6.45, 7) is 0. The van der Waals surface area contributed by atoms with Gasteiger partial charge in [0.1, 0.15) is 5.75 Å². The minimum Gasteiger partial charge on any atom is -0.496 e. The van der Waals surface area contributed by atoms with Crippen molar-refractivity contribution in [2.45, 2.75) is 0 Å². The second-order valence-electron chi connectivity index (χ2n) is 3.92. The van der Waals surface area contributed by atoms with Crippen molar-refractivity contribution in [3.8, 4) is 5.75 Å². The van der Waals surface area contributed by atoms with Gasteiger partial charge in [-0.2, -0.15) is 0 Å². The minimum absolute atomic E-state index is 0.0477. The van der Waals surface area contributed by atoms with E-state index >= 15 is 0 Å². The molecule has 20 heavy (non-hydrogen) atoms. The number of methoxy groups -OCH3 is 2. The lowest BCUT2D eigenvalue weighted by atomic mass is 10.0. The SMILES string of the molecule is COC(=O)c1cc(OC)c2cc([N+](=O)[O-])ccc2c1Br. The van der Waals surface area contributed by atoms with Crippen molar-refractivity contribution in [3.05, 3.63) is 44.4 Å². The number of benzene rings is 2. The Labute approximate surface area is 122 Å². The number of carbonyl (C=O) groups is 1. The molecule has 0 aliphatic rings. The van der Waals surface area contributed by atoms with Crippen molar-refractivity contribution in [2.75, 3.05) is 14.2 Å². The van der Waals surface area contributed by atoms with E-state index in [1.54, 1.807) is 6.07 Å². The predicted molar refractivity (Wildman–Crippen MR) is 76.2 cm³/mol. The zero-order valence-corrected chi connectivity index (χ0v) is 12.3. The summed E-state index contributed by atoms with van der Waals surface area (Å²) in [5.41, 5.74) is 0.249. The molecule has 0 unspecified atom stereocenters. The summed E-state index contributed by atoms with van der Waals surface area (Å²) in [7, 11) is 2.71. The van der Waals surface area contributed by atoms with Crippen LogP contribution in [0.15, 0.2) is 28.7 Å². The molecule has 7 heteroatoms. The van der Waals surface area contributed by atoms with Crippen molar-refractivity contribution in [2.24, 2.45) is 0 Å². The monoisotopic (exact) mass is 339 g/mol. The number of nitrogens with zero attached hydrogens (tertiary/aromatic N) is 1. The van der Waals surface area contributed by atoms with Crippen molar-refractivity contribution < 1.29 is 19.2 Å². The summed E-state index contributed by atoms with van der Waals surface area (Å²) in [6.07, 6.45) is 0. The first-order valence-corrected chi connectivity index (χ1v) is 6.31. The smallest absolute Gasteiger partial charge is 0.339 e. The Morgan fingerprint density at radius 1 is 1.25 bits per heavy atom. The molecule has 2 rings (SSSR count). The second kappa shape index (κ2) is 5.46. The van der Waals surface area contributed by atoms with Crippen molar-refractivity contribution in [1.29, 1.82) is 0 Å². The van der Waals surface area contributed by atoms with E-state index in [1.807, 2.05) is 0 Å². The molecule has 0 amide bonds. The van der Waals surface area contributed by atoms with Gasteiger partial charge in [-0.25, -0.2) is 4.79 Å². The molecule has 2 aromatic rings. The molecule has 0 spiro atoms. The van der Waals surface area contributed by atoms with Crippen molar-refractivity contribution in [3.63, 3.8) is 0 Å². The van der Waals surface area contributed by atoms with Gasteiger partial charge in [-0.3, -0.25) is 10.1 Å². The highest BCUT2D eigenvalue weighted by atomic mass is 79.9. The van der Waals surface area contributed by atoms with Crippen LogP contribution in [0.4, 0.5) is 5.69 Å². The summed E-state index contributed by atoms with van der Waals surface area (Å²) in [5.74, 6) is -0.150. The normalized spacial score (nSPS) is 10.3. The number of fused-ring (bicyclic) bond motifs is 1. The maximum atomic E-state index is 11.7. The standard InChI is InChI=1S/C13H10BrNO5/c1-19-11-6-10(13(16)20-2)12(14)8-4-3-7(15(17)18)5-9(8)11/h3-6H,1-2H3. The van der Waals surface area contributed by atoms with Gasteiger partial charge in [-0.05, 0) is 28.1 Å². The molecule has 2 aromatic carbocycles. The van der Waals surface area contributed by atoms with Gasteiger partial charge in [-0.15, -0.1) is 0 Å². The van der Waals surface area contributed by atoms with Crippen LogP contribution in [0.5, 0.6) is 5.75 Å². The quantitative estimate of drug-likeness (QED) is 0.487. The zero-order chi connectivity index (χ0) is 14.9. The lowest BCUT2D eigenvalue weighted by molar-refractivity contribution is -0.384. The van der Waals surface area contributed by atoms with Gasteiger partial charge in [-0.1, -0.05) is 0 Å². The van der Waals surface area contributed by atoms with E-state index in [0.717, 1.165) is 0 Å². The van der Waals surface area contributed by atoms with E-state index in [1.165, 1.54) is 32.4 Å². The third kappa shape index (κ3) is 2.32. The van der Waals surface area contributed by atoms with Crippen LogP contribution in [0.3, 0.4) is 0 Å². The molecule has 104 valence electrons. The Kier molecular flexibility index (Phi) is 3.89. The van der Waals surface area contributed by atoms with Gasteiger partial charge in [0.05, 0.1) is 24.7 Å². The number of ether oxygens (including phenoxy) is 2. The Balaban J connectivity index is 2.81. The topological polar surface area (TPSA) is 78.7 Å². The molecule has 0 aromatic heterocycles. The van der Waals surface area contributed by atoms with Gasteiger partial charge in [0, 0.05) is 27.4 Å². The summed E-state index contributed by atoms with van der Waals surface area (Å²) in [5, 5.41) is 12.0. The Hall–Kier alpha value is -2.15. The zero-order valence-electron chi connectivity index (χ0n) is 10.7. The molecule has 0 atom stereocenters. The number of nitro groups is 1. The molecule has 0 aliphatic carbocycles. The van der Waals surface area contributed by atoms with Crippen molar-refractivity contribution >= 4 is 38.4 Å². The lowest BCUT2D eigenvalue weighted by Gasteiger charge is -2.11. The molecular formula is C13H10BrNO5. The highest BCUT2D eigenvalue weighted by molar-refractivity contribution is 9.10. The van der Waals surface area contributed by atoms with Crippen LogP contribution in [0, 0.1) is 10.1 Å². The highest BCUT2D eigenvalue weighted by Gasteiger charge is 2.19. The Morgan fingerprint density at radius 2 is 1.95 bits per heavy atom. The van der Waals surface area contributed by atoms with Crippen LogP contribution in [0.25, 0.3) is 10.8 Å². The Bertz CT molecular complexity index is 713. The maximum Gasteiger partial charge on any atom is 0.339 e. The van der Waals surface area contributed by atoms with E-state index in [4.69, 9.17) is 9.47 Å². The first kappa shape index (κ1) is 14.3. The van der Waals surface area contributed by atoms with Gasteiger partial charge in [0.2, 0.25) is 0 Å². The molecule has 0 fully saturated rings. The van der Waals surface area contributed by atoms with E-state index < -0.39 is 10.9 Å². The number of carbonyl (C=O) groups excluding carboxylic acids is 1. The van der Waals surface area contributed by atoms with Crippen LogP contribution in [-0.2, 0) is 4.74 Å². The van der Waals surface area contributed by atoms with Gasteiger partial charge in [0.15, 0.2) is 0 Å². The van der Waals surface area contributed by atoms with E-state index in [9.17, 15) is 14.9 Å². The largest absolute Gasteiger partial charge is 0.496 e. The molecular weight excluding hydrogens is 330 g/mol. The third-order valence-corrected chi connectivity index (χ3v) is 3.71. The molecule has 0 radical (unpaired) electrons. The number of hydrogen-bond acceptors (Lipinski definition) is 5. The molecule has 0 aliphatic heterocycles. The third-order valence-electron chi connectivity index (χ3n) is 2.85. The molecule has 0 saturated heterocycles. The summed E-state index contributed by atoms with van der Waals surface area (Å²) < 4.78 is 10.4. The number of nitro benzene ring substituents is 1. The molecule has 0 bridgehead atoms. The van der Waals surface area contributed by atoms with Crippen molar-refractivity contribution in [1.82, 2.24) is 0 Å². The number of hydrogen-bond donors (Lipinski definition) is 0. The fourth-order valence-electron chi connectivity index (χ4n) is 1.89. The average molecular weight is 340 g/mol. The van der Waals surface area contributed by atoms with Crippen LogP contribution in [0.2, 0.25) is 0 Å². The summed E-state index contributed by atoms with van der Waals surface area (Å²) in [4.78, 5) is 22.0. The van der Waals surface area contributed by atoms with E-state index in [0.29, 0.717) is 26.6 Å². The summed E-state index contributed by atoms with van der Waals surface area (Å²) >= 11 is 3.32. The highest BCUT2D eigenvalue weighted by Crippen LogP contribution is 2.37. The number of esters is 1. The Morgan fingerprint density at radius 3 is 2.50 bits per heavy atom. The summed E-state index contributed by atoms with van der Waals surface area (Å²) in [6, 6.07) is 5.82. The van der Waals surface area contributed by atoms with Crippen LogP contribution in [-0.4, -0.2) is 25.1 Å². The van der Waals surface area contributed by atoms with Crippen LogP contribution >= 0.6 is 15.9 Å². The number of halogens is 1. The van der Waals surface area contributed by atoms with E-state index in [-0.39, 0.29) is 5.69 Å². The average Bonchev–Trinajstić information content (AvgIpc) is 2.46. The molecule has 0 heterocycles. The first-order valence-electron chi connectivity index (χ1n) is 5.52. The van der Waals surface area contributed by atoms with Gasteiger partial charge < -0.3 is 9.47 Å². The van der Waals surface area contributed by atoms with Gasteiger partial charge >= 0.3 is 5.97 Å². The first-order chi connectivity index (χ1) is 9.49. The maximum absolute atomic E-state index is 11.7. The fraction of sp³-hybridized carbons (Fsp3) is 0.154. The molecule has 6 nitrogen and oxygen atoms in total. The minimum atomic E-state index is -0.518. The molecule has 0 N–H and O–H groups in total. The fourth-order valence-corrected chi connectivity index (χ4v) is 2.51. The number of non-ortho nitro benzene ring substituents is 1. The molecule has 0 saturated carbocycles. The number of rotatable bonds is 3. The van der Waals surface area contributed by atoms with Crippen LogP contribution in [0.1, 0.15) is 10.4 Å². The van der Waals surface area contributed by atoms with Crippen LogP contribution < -0.4 is 4.74 Å². The predicted octanol–water partition coefficient (Wildman–Crippen LogP) is 3.31. The second-order valence-corrected chi connectivity index (χ2v) is 4.71. The lowest BCUT2D eigenvalue weighted by Crippen LogP contribution is -2.03. The van der Waals surface area contributed by atoms with Gasteiger partial charge in [0.25, 0.3) is 5.69 Å².